The minimum atomic E-state index is -1.10. The summed E-state index contributed by atoms with van der Waals surface area (Å²) < 4.78 is 11.7. The second kappa shape index (κ2) is 18.1. The molecule has 2 rings (SSSR count). The van der Waals surface area contributed by atoms with Crippen LogP contribution < -0.4 is 14.8 Å². The van der Waals surface area contributed by atoms with Crippen molar-refractivity contribution in [1.29, 1.82) is 0 Å². The lowest BCUT2D eigenvalue weighted by Gasteiger charge is -2.22. The third-order valence-corrected chi connectivity index (χ3v) is 4.67. The Morgan fingerprint density at radius 3 is 2.26 bits per heavy atom. The Bertz CT molecular complexity index is 921. The molecule has 2 N–H and O–H groups in total. The summed E-state index contributed by atoms with van der Waals surface area (Å²) >= 11 is 0. The van der Waals surface area contributed by atoms with Crippen LogP contribution in [0.3, 0.4) is 0 Å². The van der Waals surface area contributed by atoms with Crippen molar-refractivity contribution >= 4 is 23.6 Å². The largest absolute Gasteiger partial charge is 0.493 e. The predicted molar refractivity (Wildman–Crippen MR) is 146 cm³/mol. The number of amides is 1. The highest BCUT2D eigenvalue weighted by Crippen LogP contribution is 2.31. The SMILES string of the molecule is CC.CC.CCCC(CC(C)C)Oc1ccc(/C=C/C(=O)Nc2ccccc2C(=O)O)cc1OC. The summed E-state index contributed by atoms with van der Waals surface area (Å²) in [5.74, 6) is 0.295. The van der Waals surface area contributed by atoms with Crippen LogP contribution in [0.4, 0.5) is 5.69 Å². The first-order valence-electron chi connectivity index (χ1n) is 12.5. The maximum atomic E-state index is 12.3. The standard InChI is InChI=1S/C25H31NO5.2C2H6/c1-5-8-19(15-17(2)3)31-22-13-11-18(16-23(22)30-4)12-14-24(27)26-21-10-7-6-9-20(21)25(28)29;2*1-2/h6-7,9-14,16-17,19H,5,8,15H2,1-4H3,(H,26,27)(H,28,29);2*1-2H3/b14-12+;;. The quantitative estimate of drug-likeness (QED) is 0.319. The molecule has 35 heavy (non-hydrogen) atoms. The first kappa shape index (κ1) is 31.7. The first-order chi connectivity index (χ1) is 16.8. The van der Waals surface area contributed by atoms with E-state index in [4.69, 9.17) is 9.47 Å². The van der Waals surface area contributed by atoms with Crippen LogP contribution in [0, 0.1) is 5.92 Å². The molecule has 194 valence electrons. The van der Waals surface area contributed by atoms with E-state index in [2.05, 4.69) is 26.1 Å². The molecular formula is C29H43NO5. The van der Waals surface area contributed by atoms with E-state index >= 15 is 0 Å². The number of carbonyl (C=O) groups excluding carboxylic acids is 1. The van der Waals surface area contributed by atoms with E-state index in [9.17, 15) is 14.7 Å². The van der Waals surface area contributed by atoms with Gasteiger partial charge in [0.25, 0.3) is 0 Å². The van der Waals surface area contributed by atoms with E-state index < -0.39 is 11.9 Å². The molecule has 0 bridgehead atoms. The van der Waals surface area contributed by atoms with Gasteiger partial charge in [-0.1, -0.05) is 73.1 Å². The Labute approximate surface area is 211 Å². The zero-order chi connectivity index (χ0) is 26.8. The van der Waals surface area contributed by atoms with Gasteiger partial charge in [0.15, 0.2) is 11.5 Å². The Kier molecular flexibility index (Phi) is 16.4. The minimum Gasteiger partial charge on any atom is -0.493 e. The maximum Gasteiger partial charge on any atom is 0.337 e. The summed E-state index contributed by atoms with van der Waals surface area (Å²) in [5.41, 5.74) is 1.05. The van der Waals surface area contributed by atoms with Gasteiger partial charge >= 0.3 is 5.97 Å². The average Bonchev–Trinajstić information content (AvgIpc) is 2.85. The zero-order valence-electron chi connectivity index (χ0n) is 22.6. The van der Waals surface area contributed by atoms with Gasteiger partial charge in [-0.2, -0.15) is 0 Å². The Morgan fingerprint density at radius 2 is 1.69 bits per heavy atom. The van der Waals surface area contributed by atoms with E-state index in [0.717, 1.165) is 24.8 Å². The van der Waals surface area contributed by atoms with Gasteiger partial charge < -0.3 is 19.9 Å². The molecule has 0 fully saturated rings. The number of benzene rings is 2. The van der Waals surface area contributed by atoms with E-state index in [0.29, 0.717) is 17.4 Å². The second-order valence-corrected chi connectivity index (χ2v) is 7.74. The topological polar surface area (TPSA) is 84.9 Å². The van der Waals surface area contributed by atoms with E-state index in [1.165, 1.54) is 12.1 Å². The molecule has 2 aromatic rings. The lowest BCUT2D eigenvalue weighted by Crippen LogP contribution is -2.19. The van der Waals surface area contributed by atoms with Gasteiger partial charge in [-0.05, 0) is 54.7 Å². The predicted octanol–water partition coefficient (Wildman–Crippen LogP) is 7.69. The number of rotatable bonds is 11. The third kappa shape index (κ3) is 11.6. The van der Waals surface area contributed by atoms with E-state index in [-0.39, 0.29) is 17.4 Å². The van der Waals surface area contributed by atoms with Crippen LogP contribution >= 0.6 is 0 Å². The number of hydrogen-bond acceptors (Lipinski definition) is 4. The van der Waals surface area contributed by atoms with Crippen molar-refractivity contribution in [2.45, 2.75) is 73.8 Å². The third-order valence-electron chi connectivity index (χ3n) is 4.67. The molecule has 1 atom stereocenters. The van der Waals surface area contributed by atoms with Gasteiger partial charge in [0, 0.05) is 6.08 Å². The van der Waals surface area contributed by atoms with Crippen LogP contribution in [0.25, 0.3) is 6.08 Å². The molecule has 0 heterocycles. The number of nitrogens with one attached hydrogen (secondary N) is 1. The molecular weight excluding hydrogens is 442 g/mol. The number of aromatic carboxylic acids is 1. The Morgan fingerprint density at radius 1 is 1.03 bits per heavy atom. The molecule has 0 saturated carbocycles. The van der Waals surface area contributed by atoms with Crippen molar-refractivity contribution in [2.24, 2.45) is 5.92 Å². The fourth-order valence-electron chi connectivity index (χ4n) is 3.26. The number of ether oxygens (including phenoxy) is 2. The highest BCUT2D eigenvalue weighted by molar-refractivity contribution is 6.06. The average molecular weight is 486 g/mol. The van der Waals surface area contributed by atoms with Crippen LogP contribution in [-0.2, 0) is 4.79 Å². The van der Waals surface area contributed by atoms with Crippen molar-refractivity contribution in [3.8, 4) is 11.5 Å². The van der Waals surface area contributed by atoms with Gasteiger partial charge in [-0.25, -0.2) is 4.79 Å². The Balaban J connectivity index is 0.00000274. The van der Waals surface area contributed by atoms with Gasteiger partial charge in [0.1, 0.15) is 0 Å². The monoisotopic (exact) mass is 485 g/mol. The summed E-state index contributed by atoms with van der Waals surface area (Å²) in [4.78, 5) is 23.5. The smallest absolute Gasteiger partial charge is 0.337 e. The van der Waals surface area contributed by atoms with Crippen LogP contribution in [0.5, 0.6) is 11.5 Å². The normalized spacial score (nSPS) is 11.0. The molecule has 0 spiro atoms. The van der Waals surface area contributed by atoms with E-state index in [1.807, 2.05) is 45.9 Å². The fraction of sp³-hybridized carbons (Fsp3) is 0.448. The van der Waals surface area contributed by atoms with Crippen molar-refractivity contribution in [2.75, 3.05) is 12.4 Å². The summed E-state index contributed by atoms with van der Waals surface area (Å²) in [6.45, 7) is 14.5. The van der Waals surface area contributed by atoms with Crippen LogP contribution in [-0.4, -0.2) is 30.2 Å². The number of anilines is 1. The highest BCUT2D eigenvalue weighted by atomic mass is 16.5. The lowest BCUT2D eigenvalue weighted by molar-refractivity contribution is -0.111. The molecule has 0 radical (unpaired) electrons. The number of carboxylic acids is 1. The number of carbonyl (C=O) groups is 2. The molecule has 2 aromatic carbocycles. The number of methoxy groups -OCH3 is 1. The molecule has 0 aliphatic rings. The van der Waals surface area contributed by atoms with Crippen molar-refractivity contribution in [1.82, 2.24) is 0 Å². The zero-order valence-corrected chi connectivity index (χ0v) is 22.6. The molecule has 1 unspecified atom stereocenters. The van der Waals surface area contributed by atoms with Crippen LogP contribution in [0.1, 0.15) is 83.7 Å². The second-order valence-electron chi connectivity index (χ2n) is 7.74. The highest BCUT2D eigenvalue weighted by Gasteiger charge is 2.15. The van der Waals surface area contributed by atoms with Crippen molar-refractivity contribution < 1.29 is 24.2 Å². The molecule has 1 amide bonds. The lowest BCUT2D eigenvalue weighted by atomic mass is 10.0. The molecule has 0 aromatic heterocycles. The molecule has 0 saturated heterocycles. The fourth-order valence-corrected chi connectivity index (χ4v) is 3.26. The van der Waals surface area contributed by atoms with Gasteiger partial charge in [0.05, 0.1) is 24.5 Å². The van der Waals surface area contributed by atoms with Crippen molar-refractivity contribution in [3.05, 3.63) is 59.7 Å². The van der Waals surface area contributed by atoms with Gasteiger partial charge in [-0.3, -0.25) is 4.79 Å². The Hall–Kier alpha value is -3.28. The maximum absolute atomic E-state index is 12.3. The molecule has 6 heteroatoms. The minimum absolute atomic E-state index is 0.0375. The van der Waals surface area contributed by atoms with E-state index in [1.54, 1.807) is 31.4 Å². The van der Waals surface area contributed by atoms with Gasteiger partial charge in [0.2, 0.25) is 5.91 Å². The number of carboxylic acid groups (broad SMARTS) is 1. The summed E-state index contributed by atoms with van der Waals surface area (Å²) in [6, 6.07) is 11.8. The summed E-state index contributed by atoms with van der Waals surface area (Å²) in [7, 11) is 1.59. The molecule has 0 aliphatic carbocycles. The molecule has 0 aliphatic heterocycles. The van der Waals surface area contributed by atoms with Gasteiger partial charge in [-0.15, -0.1) is 0 Å². The summed E-state index contributed by atoms with van der Waals surface area (Å²) in [5, 5.41) is 11.8. The number of hydrogen-bond donors (Lipinski definition) is 2. The molecule has 6 nitrogen and oxygen atoms in total. The summed E-state index contributed by atoms with van der Waals surface area (Å²) in [6.07, 6.45) is 6.11. The van der Waals surface area contributed by atoms with Crippen LogP contribution in [0.15, 0.2) is 48.5 Å². The first-order valence-corrected chi connectivity index (χ1v) is 12.5. The van der Waals surface area contributed by atoms with Crippen LogP contribution in [0.2, 0.25) is 0 Å². The number of para-hydroxylation sites is 1. The van der Waals surface area contributed by atoms with Crippen molar-refractivity contribution in [3.63, 3.8) is 0 Å².